The summed E-state index contributed by atoms with van der Waals surface area (Å²) >= 11 is 0. The maximum Gasteiger partial charge on any atom is 0.243 e. The Hall–Kier alpha value is -3.26. The average molecular weight is 409 g/mol. The number of carbonyl (C=O) groups is 1. The van der Waals surface area contributed by atoms with E-state index in [2.05, 4.69) is 5.32 Å². The number of nitrogens with two attached hydrogens (primary N) is 2. The molecule has 1 amide bonds. The molecule has 156 valence electrons. The molecule has 0 saturated heterocycles. The van der Waals surface area contributed by atoms with E-state index in [0.29, 0.717) is 29.4 Å². The first kappa shape index (κ1) is 21.4. The van der Waals surface area contributed by atoms with Gasteiger partial charge in [0.05, 0.1) is 13.2 Å². The highest BCUT2D eigenvalue weighted by atomic mass is 19.1. The molecule has 30 heavy (non-hydrogen) atoms. The molecule has 5 N–H and O–H groups in total. The third-order valence-electron chi connectivity index (χ3n) is 4.35. The van der Waals surface area contributed by atoms with Crippen LogP contribution in [0.4, 0.5) is 10.1 Å². The topological polar surface area (TPSA) is 99.6 Å². The van der Waals surface area contributed by atoms with Gasteiger partial charge in [-0.1, -0.05) is 30.3 Å². The monoisotopic (exact) mass is 409 g/mol. The van der Waals surface area contributed by atoms with E-state index in [1.165, 1.54) is 24.3 Å². The zero-order valence-electron chi connectivity index (χ0n) is 16.4. The van der Waals surface area contributed by atoms with Crippen molar-refractivity contribution in [2.75, 3.05) is 11.9 Å². The Balaban J connectivity index is 1.56. The van der Waals surface area contributed by atoms with Crippen LogP contribution >= 0.6 is 0 Å². The summed E-state index contributed by atoms with van der Waals surface area (Å²) in [4.78, 5) is 12.4. The van der Waals surface area contributed by atoms with Crippen molar-refractivity contribution in [1.29, 1.82) is 0 Å². The Morgan fingerprint density at radius 1 is 1.00 bits per heavy atom. The predicted molar refractivity (Wildman–Crippen MR) is 114 cm³/mol. The number of halogens is 1. The van der Waals surface area contributed by atoms with Crippen LogP contribution in [-0.2, 0) is 22.7 Å². The second-order valence-corrected chi connectivity index (χ2v) is 6.68. The minimum atomic E-state index is -0.825. The van der Waals surface area contributed by atoms with Crippen molar-refractivity contribution in [3.63, 3.8) is 0 Å². The SMILES string of the molecule is NCc1cc(Oc2ccc(F)cc2)ccc1NC(=O)[C@@H](N)COCc1ccccc1. The van der Waals surface area contributed by atoms with Crippen LogP contribution in [0.1, 0.15) is 11.1 Å². The summed E-state index contributed by atoms with van der Waals surface area (Å²) in [6.07, 6.45) is 0. The summed E-state index contributed by atoms with van der Waals surface area (Å²) in [6.45, 7) is 0.658. The van der Waals surface area contributed by atoms with Crippen LogP contribution in [0.25, 0.3) is 0 Å². The highest BCUT2D eigenvalue weighted by molar-refractivity contribution is 5.95. The molecule has 0 fully saturated rings. The summed E-state index contributed by atoms with van der Waals surface area (Å²) in [5.41, 5.74) is 14.0. The van der Waals surface area contributed by atoms with Crippen molar-refractivity contribution in [3.05, 3.63) is 89.7 Å². The fourth-order valence-electron chi connectivity index (χ4n) is 2.74. The number of amides is 1. The highest BCUT2D eigenvalue weighted by Gasteiger charge is 2.16. The molecule has 7 heteroatoms. The first-order valence-corrected chi connectivity index (χ1v) is 9.49. The van der Waals surface area contributed by atoms with Crippen LogP contribution < -0.4 is 21.5 Å². The highest BCUT2D eigenvalue weighted by Crippen LogP contribution is 2.26. The Morgan fingerprint density at radius 3 is 2.40 bits per heavy atom. The molecule has 6 nitrogen and oxygen atoms in total. The van der Waals surface area contributed by atoms with E-state index in [4.69, 9.17) is 20.9 Å². The molecule has 1 atom stereocenters. The van der Waals surface area contributed by atoms with Gasteiger partial charge in [0.15, 0.2) is 0 Å². The quantitative estimate of drug-likeness (QED) is 0.502. The van der Waals surface area contributed by atoms with Crippen LogP contribution in [0.15, 0.2) is 72.8 Å². The average Bonchev–Trinajstić information content (AvgIpc) is 2.77. The van der Waals surface area contributed by atoms with E-state index >= 15 is 0 Å². The standard InChI is InChI=1S/C23H24FN3O3/c24-18-6-8-19(9-7-18)30-20-10-11-22(17(12-20)13-25)27-23(28)21(26)15-29-14-16-4-2-1-3-5-16/h1-12,21H,13-15,25-26H2,(H,27,28)/t21-/m0/s1. The number of anilines is 1. The van der Waals surface area contributed by atoms with Crippen molar-refractivity contribution in [1.82, 2.24) is 0 Å². The maximum absolute atomic E-state index is 13.0. The Bertz CT molecular complexity index is 965. The van der Waals surface area contributed by atoms with Crippen molar-refractivity contribution < 1.29 is 18.7 Å². The Labute approximate surface area is 174 Å². The van der Waals surface area contributed by atoms with Gasteiger partial charge in [0.2, 0.25) is 5.91 Å². The summed E-state index contributed by atoms with van der Waals surface area (Å²) in [7, 11) is 0. The van der Waals surface area contributed by atoms with Gasteiger partial charge in [-0.25, -0.2) is 4.39 Å². The lowest BCUT2D eigenvalue weighted by Crippen LogP contribution is -2.39. The van der Waals surface area contributed by atoms with Crippen LogP contribution in [-0.4, -0.2) is 18.6 Å². The van der Waals surface area contributed by atoms with Gasteiger partial charge >= 0.3 is 0 Å². The number of hydrogen-bond acceptors (Lipinski definition) is 5. The second kappa shape index (κ2) is 10.5. The number of rotatable bonds is 9. The van der Waals surface area contributed by atoms with Crippen molar-refractivity contribution in [2.24, 2.45) is 11.5 Å². The second-order valence-electron chi connectivity index (χ2n) is 6.68. The zero-order chi connectivity index (χ0) is 21.3. The molecule has 0 saturated carbocycles. The number of benzene rings is 3. The van der Waals surface area contributed by atoms with E-state index < -0.39 is 6.04 Å². The third kappa shape index (κ3) is 6.12. The minimum absolute atomic E-state index is 0.0877. The van der Waals surface area contributed by atoms with Gasteiger partial charge in [-0.3, -0.25) is 4.79 Å². The van der Waals surface area contributed by atoms with Gasteiger partial charge in [0, 0.05) is 12.2 Å². The van der Waals surface area contributed by atoms with Gasteiger partial charge in [-0.2, -0.15) is 0 Å². The zero-order valence-corrected chi connectivity index (χ0v) is 16.4. The van der Waals surface area contributed by atoms with Gasteiger partial charge < -0.3 is 26.3 Å². The lowest BCUT2D eigenvalue weighted by atomic mass is 10.1. The molecule has 0 aliphatic rings. The largest absolute Gasteiger partial charge is 0.457 e. The van der Waals surface area contributed by atoms with Crippen LogP contribution in [0, 0.1) is 5.82 Å². The van der Waals surface area contributed by atoms with E-state index in [0.717, 1.165) is 5.56 Å². The van der Waals surface area contributed by atoms with Gasteiger partial charge in [0.1, 0.15) is 23.4 Å². The molecule has 3 rings (SSSR count). The van der Waals surface area contributed by atoms with Crippen LogP contribution in [0.2, 0.25) is 0 Å². The summed E-state index contributed by atoms with van der Waals surface area (Å²) in [5.74, 6) is 0.307. The molecule has 0 bridgehead atoms. The van der Waals surface area contributed by atoms with Crippen LogP contribution in [0.5, 0.6) is 11.5 Å². The number of nitrogens with one attached hydrogen (secondary N) is 1. The first-order chi connectivity index (χ1) is 14.5. The molecule has 0 radical (unpaired) electrons. The van der Waals surface area contributed by atoms with Gasteiger partial charge in [-0.15, -0.1) is 0 Å². The first-order valence-electron chi connectivity index (χ1n) is 9.49. The number of hydrogen-bond donors (Lipinski definition) is 3. The van der Waals surface area contributed by atoms with E-state index in [-0.39, 0.29) is 24.9 Å². The van der Waals surface area contributed by atoms with Gasteiger partial charge in [-0.05, 0) is 53.6 Å². The predicted octanol–water partition coefficient (Wildman–Crippen LogP) is 3.56. The van der Waals surface area contributed by atoms with Gasteiger partial charge in [0.25, 0.3) is 0 Å². The molecule has 0 aliphatic carbocycles. The van der Waals surface area contributed by atoms with Crippen molar-refractivity contribution in [3.8, 4) is 11.5 Å². The molecule has 3 aromatic carbocycles. The molecular weight excluding hydrogens is 385 g/mol. The number of ether oxygens (including phenoxy) is 2. The fraction of sp³-hybridized carbons (Fsp3) is 0.174. The van der Waals surface area contributed by atoms with E-state index in [9.17, 15) is 9.18 Å². The normalized spacial score (nSPS) is 11.7. The smallest absolute Gasteiger partial charge is 0.243 e. The fourth-order valence-corrected chi connectivity index (χ4v) is 2.74. The molecule has 0 unspecified atom stereocenters. The van der Waals surface area contributed by atoms with Crippen molar-refractivity contribution in [2.45, 2.75) is 19.2 Å². The summed E-state index contributed by atoms with van der Waals surface area (Å²) in [5, 5.41) is 2.78. The van der Waals surface area contributed by atoms with E-state index in [1.807, 2.05) is 30.3 Å². The molecule has 3 aromatic rings. The molecule has 0 aromatic heterocycles. The molecule has 0 spiro atoms. The maximum atomic E-state index is 13.0. The third-order valence-corrected chi connectivity index (χ3v) is 4.35. The summed E-state index contributed by atoms with van der Waals surface area (Å²) < 4.78 is 24.2. The Kier molecular flexibility index (Phi) is 7.51. The molecule has 0 heterocycles. The lowest BCUT2D eigenvalue weighted by Gasteiger charge is -2.16. The molecule has 0 aliphatic heterocycles. The summed E-state index contributed by atoms with van der Waals surface area (Å²) in [6, 6.07) is 19.6. The minimum Gasteiger partial charge on any atom is -0.457 e. The number of carbonyl (C=O) groups excluding carboxylic acids is 1. The lowest BCUT2D eigenvalue weighted by molar-refractivity contribution is -0.118. The van der Waals surface area contributed by atoms with Crippen molar-refractivity contribution >= 4 is 11.6 Å². The molecular formula is C23H24FN3O3. The van der Waals surface area contributed by atoms with E-state index in [1.54, 1.807) is 18.2 Å². The van der Waals surface area contributed by atoms with Crippen LogP contribution in [0.3, 0.4) is 0 Å². The Morgan fingerprint density at radius 2 is 1.70 bits per heavy atom.